The average molecular weight is 370 g/mol. The maximum Gasteiger partial charge on any atom is 0.120 e. The van der Waals surface area contributed by atoms with Gasteiger partial charge in [-0.1, -0.05) is 24.6 Å². The predicted molar refractivity (Wildman–Crippen MR) is 90.1 cm³/mol. The van der Waals surface area contributed by atoms with Crippen molar-refractivity contribution in [3.8, 4) is 5.75 Å². The van der Waals surface area contributed by atoms with Crippen LogP contribution in [0.15, 0.2) is 47.1 Å². The van der Waals surface area contributed by atoms with Crippen LogP contribution in [0.3, 0.4) is 0 Å². The van der Waals surface area contributed by atoms with E-state index in [0.29, 0.717) is 11.6 Å². The Kier molecular flexibility index (Phi) is 6.49. The lowest BCUT2D eigenvalue weighted by atomic mass is 10.1. The third kappa shape index (κ3) is 5.65. The fourth-order valence-corrected chi connectivity index (χ4v) is 2.43. The minimum atomic E-state index is 0.211. The van der Waals surface area contributed by atoms with E-state index in [0.717, 1.165) is 28.9 Å². The van der Waals surface area contributed by atoms with E-state index in [1.165, 1.54) is 0 Å². The molecule has 0 saturated heterocycles. The first-order valence-electron chi connectivity index (χ1n) is 6.89. The average Bonchev–Trinajstić information content (AvgIpc) is 2.47. The number of nitrogens with one attached hydrogen (secondary N) is 1. The summed E-state index contributed by atoms with van der Waals surface area (Å²) in [6.45, 7) is 3.55. The number of nitrogens with zero attached hydrogens (tertiary/aromatic N) is 1. The molecule has 112 valence electrons. The summed E-state index contributed by atoms with van der Waals surface area (Å²) in [6, 6.07) is 11.7. The molecule has 3 nitrogen and oxygen atoms in total. The lowest BCUT2D eigenvalue weighted by Crippen LogP contribution is -2.36. The molecule has 0 radical (unpaired) electrons. The van der Waals surface area contributed by atoms with Crippen molar-refractivity contribution in [1.82, 2.24) is 10.3 Å². The van der Waals surface area contributed by atoms with Gasteiger partial charge in [0.1, 0.15) is 12.4 Å². The predicted octanol–water partition coefficient (Wildman–Crippen LogP) is 4.10. The Balaban J connectivity index is 1.93. The van der Waals surface area contributed by atoms with Gasteiger partial charge in [-0.2, -0.15) is 0 Å². The van der Waals surface area contributed by atoms with E-state index in [4.69, 9.17) is 16.3 Å². The summed E-state index contributed by atoms with van der Waals surface area (Å²) in [7, 11) is 0. The Morgan fingerprint density at radius 3 is 2.86 bits per heavy atom. The quantitative estimate of drug-likeness (QED) is 0.798. The number of ether oxygens (including phenoxy) is 1. The minimum Gasteiger partial charge on any atom is -0.492 e. The first-order chi connectivity index (χ1) is 10.2. The van der Waals surface area contributed by atoms with E-state index in [1.54, 1.807) is 0 Å². The lowest BCUT2D eigenvalue weighted by Gasteiger charge is -2.18. The number of hydrogen-bond acceptors (Lipinski definition) is 3. The van der Waals surface area contributed by atoms with Crippen LogP contribution in [0.4, 0.5) is 0 Å². The lowest BCUT2D eigenvalue weighted by molar-refractivity contribution is 0.264. The van der Waals surface area contributed by atoms with Gasteiger partial charge in [0.25, 0.3) is 0 Å². The van der Waals surface area contributed by atoms with Crippen molar-refractivity contribution >= 4 is 27.5 Å². The molecule has 1 N–H and O–H groups in total. The summed E-state index contributed by atoms with van der Waals surface area (Å²) in [4.78, 5) is 4.41. The van der Waals surface area contributed by atoms with Gasteiger partial charge in [-0.05, 0) is 52.8 Å². The Morgan fingerprint density at radius 2 is 2.19 bits per heavy atom. The Morgan fingerprint density at radius 1 is 1.33 bits per heavy atom. The number of hydrogen-bond donors (Lipinski definition) is 1. The summed E-state index contributed by atoms with van der Waals surface area (Å²) in [6.07, 6.45) is 2.64. The van der Waals surface area contributed by atoms with Crippen LogP contribution in [0, 0.1) is 0 Å². The Hall–Kier alpha value is -1.10. The summed E-state index contributed by atoms with van der Waals surface area (Å²) in [5.41, 5.74) is 1.04. The second kappa shape index (κ2) is 8.37. The monoisotopic (exact) mass is 368 g/mol. The number of benzene rings is 1. The second-order valence-corrected chi connectivity index (χ2v) is 6.05. The van der Waals surface area contributed by atoms with E-state index in [-0.39, 0.29) is 6.04 Å². The maximum absolute atomic E-state index is 5.96. The van der Waals surface area contributed by atoms with Crippen molar-refractivity contribution in [1.29, 1.82) is 0 Å². The van der Waals surface area contributed by atoms with Gasteiger partial charge in [-0.25, -0.2) is 0 Å². The van der Waals surface area contributed by atoms with Gasteiger partial charge >= 0.3 is 0 Å². The molecule has 0 fully saturated rings. The third-order valence-electron chi connectivity index (χ3n) is 2.98. The highest BCUT2D eigenvalue weighted by atomic mass is 79.9. The SMILES string of the molecule is CCNC(COc1cccc(Cl)c1)Cc1ccc(Br)cn1. The van der Waals surface area contributed by atoms with Crippen LogP contribution >= 0.6 is 27.5 Å². The smallest absolute Gasteiger partial charge is 0.120 e. The molecule has 0 spiro atoms. The zero-order valence-corrected chi connectivity index (χ0v) is 14.2. The molecule has 1 atom stereocenters. The molecule has 0 aliphatic heterocycles. The van der Waals surface area contributed by atoms with Gasteiger partial charge in [0.15, 0.2) is 0 Å². The molecule has 2 aromatic rings. The standard InChI is InChI=1S/C16H18BrClN2O/c1-2-19-15(9-14-7-6-12(17)10-20-14)11-21-16-5-3-4-13(18)8-16/h3-8,10,15,19H,2,9,11H2,1H3. The zero-order chi connectivity index (χ0) is 15.1. The van der Waals surface area contributed by atoms with E-state index in [1.807, 2.05) is 42.6 Å². The third-order valence-corrected chi connectivity index (χ3v) is 3.69. The van der Waals surface area contributed by atoms with Gasteiger partial charge in [0.05, 0.1) is 0 Å². The van der Waals surface area contributed by atoms with Crippen LogP contribution in [0.2, 0.25) is 5.02 Å². The first-order valence-corrected chi connectivity index (χ1v) is 8.06. The highest BCUT2D eigenvalue weighted by Gasteiger charge is 2.10. The van der Waals surface area contributed by atoms with Crippen LogP contribution in [-0.2, 0) is 6.42 Å². The highest BCUT2D eigenvalue weighted by Crippen LogP contribution is 2.17. The number of halogens is 2. The van der Waals surface area contributed by atoms with E-state index in [9.17, 15) is 0 Å². The van der Waals surface area contributed by atoms with E-state index >= 15 is 0 Å². The first kappa shape index (κ1) is 16.3. The largest absolute Gasteiger partial charge is 0.492 e. The number of likely N-dealkylation sites (N-methyl/N-ethyl adjacent to an activating group) is 1. The number of aromatic nitrogens is 1. The maximum atomic E-state index is 5.96. The zero-order valence-electron chi connectivity index (χ0n) is 11.9. The van der Waals surface area contributed by atoms with Gasteiger partial charge in [0.2, 0.25) is 0 Å². The molecule has 1 aromatic carbocycles. The topological polar surface area (TPSA) is 34.1 Å². The highest BCUT2D eigenvalue weighted by molar-refractivity contribution is 9.10. The molecule has 1 unspecified atom stereocenters. The van der Waals surface area contributed by atoms with Crippen molar-refractivity contribution in [3.05, 3.63) is 57.8 Å². The van der Waals surface area contributed by atoms with Gasteiger partial charge in [-0.3, -0.25) is 4.98 Å². The fraction of sp³-hybridized carbons (Fsp3) is 0.312. The minimum absolute atomic E-state index is 0.211. The molecule has 5 heteroatoms. The Labute approximate surface area is 138 Å². The second-order valence-electron chi connectivity index (χ2n) is 4.69. The fourth-order valence-electron chi connectivity index (χ4n) is 2.01. The molecule has 0 bridgehead atoms. The molecule has 2 rings (SSSR count). The molecule has 1 heterocycles. The van der Waals surface area contributed by atoms with Crippen LogP contribution in [-0.4, -0.2) is 24.2 Å². The van der Waals surface area contributed by atoms with Crippen LogP contribution in [0.25, 0.3) is 0 Å². The molecule has 0 saturated carbocycles. The summed E-state index contributed by atoms with van der Waals surface area (Å²) >= 11 is 9.35. The van der Waals surface area contributed by atoms with Crippen LogP contribution in [0.5, 0.6) is 5.75 Å². The van der Waals surface area contributed by atoms with Crippen molar-refractivity contribution in [3.63, 3.8) is 0 Å². The van der Waals surface area contributed by atoms with Crippen LogP contribution < -0.4 is 10.1 Å². The molecule has 0 amide bonds. The Bertz CT molecular complexity index is 562. The normalized spacial score (nSPS) is 12.1. The number of rotatable bonds is 7. The molecular weight excluding hydrogens is 352 g/mol. The molecular formula is C16H18BrClN2O. The van der Waals surface area contributed by atoms with Gasteiger partial charge in [0, 0.05) is 33.8 Å². The van der Waals surface area contributed by atoms with Crippen LogP contribution in [0.1, 0.15) is 12.6 Å². The van der Waals surface area contributed by atoms with Gasteiger partial charge in [-0.15, -0.1) is 0 Å². The van der Waals surface area contributed by atoms with Crippen molar-refractivity contribution in [2.45, 2.75) is 19.4 Å². The van der Waals surface area contributed by atoms with E-state index in [2.05, 4.69) is 33.2 Å². The van der Waals surface area contributed by atoms with Crippen molar-refractivity contribution in [2.24, 2.45) is 0 Å². The van der Waals surface area contributed by atoms with Gasteiger partial charge < -0.3 is 10.1 Å². The van der Waals surface area contributed by atoms with Crippen molar-refractivity contribution < 1.29 is 4.74 Å². The molecule has 1 aromatic heterocycles. The number of pyridine rings is 1. The molecule has 0 aliphatic carbocycles. The summed E-state index contributed by atoms with van der Waals surface area (Å²) < 4.78 is 6.80. The summed E-state index contributed by atoms with van der Waals surface area (Å²) in [5.74, 6) is 0.786. The van der Waals surface area contributed by atoms with E-state index < -0.39 is 0 Å². The molecule has 0 aliphatic rings. The van der Waals surface area contributed by atoms with Crippen molar-refractivity contribution in [2.75, 3.05) is 13.2 Å². The summed E-state index contributed by atoms with van der Waals surface area (Å²) in [5, 5.41) is 4.10. The molecule has 21 heavy (non-hydrogen) atoms.